The first-order valence-corrected chi connectivity index (χ1v) is 9.55. The summed E-state index contributed by atoms with van der Waals surface area (Å²) in [6, 6.07) is 17.7. The SMILES string of the molecule is Cc1cccc(Cc2cc(N3CCN(C)CC3)n(-c3ccc(F)cc3)c2)c1. The molecule has 0 atom stereocenters. The van der Waals surface area contributed by atoms with Gasteiger partial charge in [-0.2, -0.15) is 0 Å². The molecule has 1 aliphatic heterocycles. The minimum atomic E-state index is -0.202. The third kappa shape index (κ3) is 4.06. The van der Waals surface area contributed by atoms with Crippen molar-refractivity contribution in [3.8, 4) is 5.69 Å². The van der Waals surface area contributed by atoms with Crippen LogP contribution >= 0.6 is 0 Å². The Hall–Kier alpha value is -2.59. The lowest BCUT2D eigenvalue weighted by Crippen LogP contribution is -2.45. The normalized spacial score (nSPS) is 15.3. The van der Waals surface area contributed by atoms with Gasteiger partial charge in [-0.25, -0.2) is 4.39 Å². The third-order valence-corrected chi connectivity index (χ3v) is 5.28. The Morgan fingerprint density at radius 2 is 1.63 bits per heavy atom. The molecular weight excluding hydrogens is 337 g/mol. The van der Waals surface area contributed by atoms with E-state index in [0.29, 0.717) is 0 Å². The second-order valence-corrected chi connectivity index (χ2v) is 7.51. The summed E-state index contributed by atoms with van der Waals surface area (Å²) < 4.78 is 15.6. The first kappa shape index (κ1) is 17.8. The van der Waals surface area contributed by atoms with Crippen LogP contribution < -0.4 is 4.90 Å². The van der Waals surface area contributed by atoms with Crippen LogP contribution in [0.1, 0.15) is 16.7 Å². The van der Waals surface area contributed by atoms with E-state index < -0.39 is 0 Å². The Balaban J connectivity index is 1.69. The van der Waals surface area contributed by atoms with Crippen LogP contribution in [0.3, 0.4) is 0 Å². The summed E-state index contributed by atoms with van der Waals surface area (Å²) in [5.41, 5.74) is 4.88. The van der Waals surface area contributed by atoms with Crippen LogP contribution in [0.25, 0.3) is 5.69 Å². The predicted molar refractivity (Wildman–Crippen MR) is 109 cm³/mol. The zero-order valence-corrected chi connectivity index (χ0v) is 16.0. The van der Waals surface area contributed by atoms with Crippen LogP contribution in [-0.4, -0.2) is 42.7 Å². The van der Waals surface area contributed by atoms with Crippen LogP contribution in [0.15, 0.2) is 60.8 Å². The van der Waals surface area contributed by atoms with E-state index in [2.05, 4.69) is 64.9 Å². The smallest absolute Gasteiger partial charge is 0.123 e. The first-order valence-electron chi connectivity index (χ1n) is 9.55. The second-order valence-electron chi connectivity index (χ2n) is 7.51. The maximum Gasteiger partial charge on any atom is 0.123 e. The number of aryl methyl sites for hydroxylation is 1. The van der Waals surface area contributed by atoms with Gasteiger partial charge >= 0.3 is 0 Å². The molecular formula is C23H26FN3. The average molecular weight is 363 g/mol. The van der Waals surface area contributed by atoms with Gasteiger partial charge in [0.2, 0.25) is 0 Å². The molecule has 0 amide bonds. The summed E-state index contributed by atoms with van der Waals surface area (Å²) in [5, 5.41) is 0. The highest BCUT2D eigenvalue weighted by molar-refractivity contribution is 5.53. The van der Waals surface area contributed by atoms with Gasteiger partial charge in [0.15, 0.2) is 0 Å². The molecule has 2 aromatic carbocycles. The van der Waals surface area contributed by atoms with E-state index in [1.54, 1.807) is 0 Å². The highest BCUT2D eigenvalue weighted by Crippen LogP contribution is 2.26. The lowest BCUT2D eigenvalue weighted by Gasteiger charge is -2.34. The van der Waals surface area contributed by atoms with E-state index in [-0.39, 0.29) is 5.82 Å². The molecule has 1 aliphatic rings. The molecule has 0 radical (unpaired) electrons. The maximum absolute atomic E-state index is 13.4. The number of likely N-dealkylation sites (N-methyl/N-ethyl adjacent to an activating group) is 1. The third-order valence-electron chi connectivity index (χ3n) is 5.28. The zero-order chi connectivity index (χ0) is 18.8. The molecule has 4 rings (SSSR count). The topological polar surface area (TPSA) is 11.4 Å². The number of halogens is 1. The summed E-state index contributed by atoms with van der Waals surface area (Å²) in [5.74, 6) is 0.990. The van der Waals surface area contributed by atoms with Gasteiger partial charge in [-0.1, -0.05) is 29.8 Å². The Morgan fingerprint density at radius 3 is 2.33 bits per heavy atom. The lowest BCUT2D eigenvalue weighted by atomic mass is 10.1. The Labute approximate surface area is 160 Å². The lowest BCUT2D eigenvalue weighted by molar-refractivity contribution is 0.311. The quantitative estimate of drug-likeness (QED) is 0.686. The van der Waals surface area contributed by atoms with Crippen molar-refractivity contribution < 1.29 is 4.39 Å². The van der Waals surface area contributed by atoms with Gasteiger partial charge in [0.05, 0.1) is 0 Å². The Morgan fingerprint density at radius 1 is 0.889 bits per heavy atom. The van der Waals surface area contributed by atoms with Gasteiger partial charge in [0.25, 0.3) is 0 Å². The fourth-order valence-corrected chi connectivity index (χ4v) is 3.75. The number of nitrogens with zero attached hydrogens (tertiary/aromatic N) is 3. The Kier molecular flexibility index (Phi) is 4.99. The molecule has 3 nitrogen and oxygen atoms in total. The summed E-state index contributed by atoms with van der Waals surface area (Å²) in [6.45, 7) is 6.25. The standard InChI is InChI=1S/C23H26FN3/c1-18-4-3-5-19(14-18)15-20-16-23(26-12-10-25(2)11-13-26)27(17-20)22-8-6-21(24)7-9-22/h3-9,14,16-17H,10-13,15H2,1-2H3. The van der Waals surface area contributed by atoms with Crippen LogP contribution in [0.5, 0.6) is 0 Å². The summed E-state index contributed by atoms with van der Waals surface area (Å²) >= 11 is 0. The Bertz CT molecular complexity index is 906. The molecule has 4 heteroatoms. The van der Waals surface area contributed by atoms with E-state index in [0.717, 1.165) is 38.3 Å². The minimum Gasteiger partial charge on any atom is -0.355 e. The van der Waals surface area contributed by atoms with Crippen molar-refractivity contribution in [3.05, 3.63) is 83.3 Å². The maximum atomic E-state index is 13.4. The molecule has 0 saturated carbocycles. The van der Waals surface area contributed by atoms with Crippen molar-refractivity contribution in [2.75, 3.05) is 38.1 Å². The van der Waals surface area contributed by atoms with Crippen molar-refractivity contribution in [1.29, 1.82) is 0 Å². The molecule has 140 valence electrons. The number of rotatable bonds is 4. The van der Waals surface area contributed by atoms with Gasteiger partial charge < -0.3 is 14.4 Å². The second kappa shape index (κ2) is 7.57. The van der Waals surface area contributed by atoms with Crippen molar-refractivity contribution >= 4 is 5.82 Å². The van der Waals surface area contributed by atoms with Crippen LogP contribution in [-0.2, 0) is 6.42 Å². The average Bonchev–Trinajstić information content (AvgIpc) is 3.06. The number of hydrogen-bond acceptors (Lipinski definition) is 2. The van der Waals surface area contributed by atoms with Crippen molar-refractivity contribution in [2.24, 2.45) is 0 Å². The zero-order valence-electron chi connectivity index (χ0n) is 16.0. The fraction of sp³-hybridized carbons (Fsp3) is 0.304. The van der Waals surface area contributed by atoms with E-state index >= 15 is 0 Å². The van der Waals surface area contributed by atoms with Crippen molar-refractivity contribution in [1.82, 2.24) is 9.47 Å². The van der Waals surface area contributed by atoms with Gasteiger partial charge in [0, 0.05) is 38.1 Å². The fourth-order valence-electron chi connectivity index (χ4n) is 3.75. The van der Waals surface area contributed by atoms with Gasteiger partial charge in [-0.3, -0.25) is 0 Å². The molecule has 0 aliphatic carbocycles. The molecule has 0 unspecified atom stereocenters. The van der Waals surface area contributed by atoms with Crippen LogP contribution in [0.2, 0.25) is 0 Å². The molecule has 2 heterocycles. The highest BCUT2D eigenvalue weighted by Gasteiger charge is 2.19. The molecule has 1 fully saturated rings. The number of aromatic nitrogens is 1. The van der Waals surface area contributed by atoms with E-state index in [1.165, 1.54) is 34.6 Å². The summed E-state index contributed by atoms with van der Waals surface area (Å²) in [7, 11) is 2.17. The van der Waals surface area contributed by atoms with Crippen molar-refractivity contribution in [3.63, 3.8) is 0 Å². The molecule has 0 N–H and O–H groups in total. The van der Waals surface area contributed by atoms with E-state index in [1.807, 2.05) is 12.1 Å². The first-order chi connectivity index (χ1) is 13.1. The van der Waals surface area contributed by atoms with Gasteiger partial charge in [-0.15, -0.1) is 0 Å². The number of piperazine rings is 1. The number of benzene rings is 2. The molecule has 3 aromatic rings. The van der Waals surface area contributed by atoms with Crippen molar-refractivity contribution in [2.45, 2.75) is 13.3 Å². The number of anilines is 1. The molecule has 0 bridgehead atoms. The minimum absolute atomic E-state index is 0.202. The molecule has 27 heavy (non-hydrogen) atoms. The largest absolute Gasteiger partial charge is 0.355 e. The van der Waals surface area contributed by atoms with Gasteiger partial charge in [0.1, 0.15) is 11.6 Å². The summed E-state index contributed by atoms with van der Waals surface area (Å²) in [4.78, 5) is 4.79. The highest BCUT2D eigenvalue weighted by atomic mass is 19.1. The van der Waals surface area contributed by atoms with Gasteiger partial charge in [-0.05, 0) is 61.9 Å². The molecule has 1 aromatic heterocycles. The summed E-state index contributed by atoms with van der Waals surface area (Å²) in [6.07, 6.45) is 3.10. The molecule has 1 saturated heterocycles. The predicted octanol–water partition coefficient (Wildman–Crippen LogP) is 4.27. The van der Waals surface area contributed by atoms with E-state index in [4.69, 9.17) is 0 Å². The van der Waals surface area contributed by atoms with E-state index in [9.17, 15) is 4.39 Å². The van der Waals surface area contributed by atoms with Crippen LogP contribution in [0, 0.1) is 12.7 Å². The van der Waals surface area contributed by atoms with Crippen LogP contribution in [0.4, 0.5) is 10.2 Å². The molecule has 0 spiro atoms. The monoisotopic (exact) mass is 363 g/mol. The number of hydrogen-bond donors (Lipinski definition) is 0.